The lowest BCUT2D eigenvalue weighted by Crippen LogP contribution is -2.27. The van der Waals surface area contributed by atoms with Gasteiger partial charge in [-0.25, -0.2) is 0 Å². The van der Waals surface area contributed by atoms with E-state index in [1.54, 1.807) is 0 Å². The van der Waals surface area contributed by atoms with Crippen LogP contribution in [0.25, 0.3) is 0 Å². The number of aryl methyl sites for hydroxylation is 1. The van der Waals surface area contributed by atoms with Crippen molar-refractivity contribution in [1.82, 2.24) is 0 Å². The number of aliphatic hydroxyl groups excluding tert-OH is 1. The largest absolute Gasteiger partial charge is 0.396 e. The van der Waals surface area contributed by atoms with Crippen LogP contribution in [0.5, 0.6) is 0 Å². The normalized spacial score (nSPS) is 10.9. The molecular weight excluding hydrogens is 200 g/mol. The molecule has 0 aliphatic heterocycles. The van der Waals surface area contributed by atoms with Crippen molar-refractivity contribution >= 4 is 5.69 Å². The van der Waals surface area contributed by atoms with Gasteiger partial charge >= 0.3 is 0 Å². The molecule has 0 fully saturated rings. The maximum absolute atomic E-state index is 9.15. The number of hydrogen-bond donors (Lipinski definition) is 2. The summed E-state index contributed by atoms with van der Waals surface area (Å²) in [7, 11) is 0. The topological polar surface area (TPSA) is 56.0 Å². The zero-order valence-electron chi connectivity index (χ0n) is 10.0. The number of hydrogen-bond acceptors (Lipinski definition) is 3. The Morgan fingerprint density at radius 2 is 2.12 bits per heavy atom. The lowest BCUT2D eigenvalue weighted by atomic mass is 9.94. The van der Waals surface area contributed by atoms with E-state index in [1.807, 2.05) is 39.0 Å². The summed E-state index contributed by atoms with van der Waals surface area (Å²) < 4.78 is 0. The number of rotatable bonds is 4. The Labute approximate surface area is 96.7 Å². The second kappa shape index (κ2) is 5.00. The van der Waals surface area contributed by atoms with E-state index in [9.17, 15) is 0 Å². The van der Waals surface area contributed by atoms with Crippen LogP contribution in [0, 0.1) is 23.7 Å². The standard InChI is InChI=1S/C13H18N2O/c1-10-5-4-6-12(11(10)7-14)15-8-13(2,3)9-16/h4-6,15-16H,8-9H2,1-3H3. The summed E-state index contributed by atoms with van der Waals surface area (Å²) in [5.41, 5.74) is 2.30. The van der Waals surface area contributed by atoms with Crippen LogP contribution in [0.4, 0.5) is 5.69 Å². The number of benzene rings is 1. The molecular formula is C13H18N2O. The lowest BCUT2D eigenvalue weighted by Gasteiger charge is -2.23. The molecule has 0 radical (unpaired) electrons. The van der Waals surface area contributed by atoms with E-state index in [0.717, 1.165) is 11.3 Å². The van der Waals surface area contributed by atoms with Crippen LogP contribution in [0.15, 0.2) is 18.2 Å². The third-order valence-electron chi connectivity index (χ3n) is 2.57. The minimum Gasteiger partial charge on any atom is -0.396 e. The Morgan fingerprint density at radius 3 is 2.69 bits per heavy atom. The zero-order valence-corrected chi connectivity index (χ0v) is 10.0. The first-order valence-electron chi connectivity index (χ1n) is 5.34. The van der Waals surface area contributed by atoms with Crippen LogP contribution < -0.4 is 5.32 Å². The maximum atomic E-state index is 9.15. The fourth-order valence-electron chi connectivity index (χ4n) is 1.35. The van der Waals surface area contributed by atoms with Crippen molar-refractivity contribution in [3.8, 4) is 6.07 Å². The minimum atomic E-state index is -0.184. The molecule has 0 saturated heterocycles. The minimum absolute atomic E-state index is 0.119. The van der Waals surface area contributed by atoms with Crippen LogP contribution in [-0.4, -0.2) is 18.3 Å². The average molecular weight is 218 g/mol. The van der Waals surface area contributed by atoms with Crippen LogP contribution >= 0.6 is 0 Å². The Balaban J connectivity index is 2.83. The van der Waals surface area contributed by atoms with Crippen LogP contribution in [0.3, 0.4) is 0 Å². The van der Waals surface area contributed by atoms with Crippen LogP contribution in [0.2, 0.25) is 0 Å². The molecule has 2 N–H and O–H groups in total. The fourth-order valence-corrected chi connectivity index (χ4v) is 1.35. The highest BCUT2D eigenvalue weighted by Gasteiger charge is 2.16. The van der Waals surface area contributed by atoms with Gasteiger partial charge in [-0.05, 0) is 18.6 Å². The van der Waals surface area contributed by atoms with Crippen molar-refractivity contribution in [1.29, 1.82) is 5.26 Å². The summed E-state index contributed by atoms with van der Waals surface area (Å²) in [6.07, 6.45) is 0. The van der Waals surface area contributed by atoms with Crippen molar-refractivity contribution < 1.29 is 5.11 Å². The molecule has 0 amide bonds. The lowest BCUT2D eigenvalue weighted by molar-refractivity contribution is 0.171. The fraction of sp³-hybridized carbons (Fsp3) is 0.462. The SMILES string of the molecule is Cc1cccc(NCC(C)(C)CO)c1C#N. The maximum Gasteiger partial charge on any atom is 0.102 e. The Morgan fingerprint density at radius 1 is 1.44 bits per heavy atom. The summed E-state index contributed by atoms with van der Waals surface area (Å²) in [6, 6.07) is 7.92. The Kier molecular flexibility index (Phi) is 3.92. The van der Waals surface area contributed by atoms with Gasteiger partial charge in [0, 0.05) is 18.6 Å². The third-order valence-corrected chi connectivity index (χ3v) is 2.57. The molecule has 3 heteroatoms. The number of nitrogens with one attached hydrogen (secondary N) is 1. The van der Waals surface area contributed by atoms with Crippen molar-refractivity contribution in [3.05, 3.63) is 29.3 Å². The first-order valence-corrected chi connectivity index (χ1v) is 5.34. The van der Waals surface area contributed by atoms with Crippen LogP contribution in [-0.2, 0) is 0 Å². The molecule has 1 aromatic rings. The Bertz CT molecular complexity index is 405. The second-order valence-electron chi connectivity index (χ2n) is 4.79. The molecule has 0 atom stereocenters. The predicted octanol–water partition coefficient (Wildman–Crippen LogP) is 2.30. The molecule has 0 aliphatic rings. The van der Waals surface area contributed by atoms with Gasteiger partial charge in [0.15, 0.2) is 0 Å². The van der Waals surface area contributed by atoms with Gasteiger partial charge in [-0.15, -0.1) is 0 Å². The predicted molar refractivity (Wildman–Crippen MR) is 65.3 cm³/mol. The van der Waals surface area contributed by atoms with E-state index in [-0.39, 0.29) is 12.0 Å². The average Bonchev–Trinajstić information content (AvgIpc) is 2.26. The van der Waals surface area contributed by atoms with Crippen molar-refractivity contribution in [2.75, 3.05) is 18.5 Å². The van der Waals surface area contributed by atoms with Crippen molar-refractivity contribution in [2.45, 2.75) is 20.8 Å². The van der Waals surface area contributed by atoms with E-state index in [1.165, 1.54) is 0 Å². The summed E-state index contributed by atoms with van der Waals surface area (Å²) >= 11 is 0. The summed E-state index contributed by atoms with van der Waals surface area (Å²) in [6.45, 7) is 6.62. The first kappa shape index (κ1) is 12.5. The van der Waals surface area contributed by atoms with Gasteiger partial charge in [-0.2, -0.15) is 5.26 Å². The molecule has 86 valence electrons. The molecule has 0 unspecified atom stereocenters. The number of nitrogens with zero attached hydrogens (tertiary/aromatic N) is 1. The van der Waals surface area contributed by atoms with Gasteiger partial charge in [-0.3, -0.25) is 0 Å². The molecule has 0 spiro atoms. The molecule has 3 nitrogen and oxygen atoms in total. The molecule has 1 aromatic carbocycles. The molecule has 0 heterocycles. The smallest absolute Gasteiger partial charge is 0.102 e. The Hall–Kier alpha value is -1.53. The van der Waals surface area contributed by atoms with Gasteiger partial charge in [0.25, 0.3) is 0 Å². The molecule has 0 bridgehead atoms. The summed E-state index contributed by atoms with van der Waals surface area (Å²) in [4.78, 5) is 0. The highest BCUT2D eigenvalue weighted by molar-refractivity contribution is 5.60. The molecule has 1 rings (SSSR count). The van der Waals surface area contributed by atoms with Crippen molar-refractivity contribution in [2.24, 2.45) is 5.41 Å². The van der Waals surface area contributed by atoms with E-state index in [4.69, 9.17) is 10.4 Å². The molecule has 0 aliphatic carbocycles. The van der Waals surface area contributed by atoms with E-state index in [0.29, 0.717) is 12.1 Å². The van der Waals surface area contributed by atoms with Crippen LogP contribution in [0.1, 0.15) is 25.0 Å². The highest BCUT2D eigenvalue weighted by atomic mass is 16.3. The highest BCUT2D eigenvalue weighted by Crippen LogP contribution is 2.21. The van der Waals surface area contributed by atoms with Gasteiger partial charge in [-0.1, -0.05) is 26.0 Å². The summed E-state index contributed by atoms with van der Waals surface area (Å²) in [5, 5.41) is 21.4. The second-order valence-corrected chi connectivity index (χ2v) is 4.79. The van der Waals surface area contributed by atoms with Gasteiger partial charge in [0.2, 0.25) is 0 Å². The third kappa shape index (κ3) is 2.98. The van der Waals surface area contributed by atoms with E-state index < -0.39 is 0 Å². The molecule has 0 aromatic heterocycles. The first-order chi connectivity index (χ1) is 7.50. The number of anilines is 1. The molecule has 16 heavy (non-hydrogen) atoms. The van der Waals surface area contributed by atoms with Gasteiger partial charge < -0.3 is 10.4 Å². The zero-order chi connectivity index (χ0) is 12.2. The summed E-state index contributed by atoms with van der Waals surface area (Å²) in [5.74, 6) is 0. The molecule has 0 saturated carbocycles. The quantitative estimate of drug-likeness (QED) is 0.815. The number of aliphatic hydroxyl groups is 1. The monoisotopic (exact) mass is 218 g/mol. The van der Waals surface area contributed by atoms with Crippen molar-refractivity contribution in [3.63, 3.8) is 0 Å². The van der Waals surface area contributed by atoms with E-state index >= 15 is 0 Å². The number of nitriles is 1. The van der Waals surface area contributed by atoms with E-state index in [2.05, 4.69) is 11.4 Å². The van der Waals surface area contributed by atoms with Gasteiger partial charge in [0.1, 0.15) is 6.07 Å². The van der Waals surface area contributed by atoms with Gasteiger partial charge in [0.05, 0.1) is 11.3 Å².